The van der Waals surface area contributed by atoms with Gasteiger partial charge in [0.25, 0.3) is 0 Å². The molecule has 18 heteroatoms. The molecule has 0 aromatic heterocycles. The zero-order chi connectivity index (χ0) is 20.0. The van der Waals surface area contributed by atoms with E-state index in [0.29, 0.717) is 0 Å². The van der Waals surface area contributed by atoms with Gasteiger partial charge in [0.1, 0.15) is 11.5 Å². The molecule has 0 saturated heterocycles. The van der Waals surface area contributed by atoms with Crippen molar-refractivity contribution in [3.63, 3.8) is 0 Å². The van der Waals surface area contributed by atoms with Crippen molar-refractivity contribution in [2.75, 3.05) is 11.5 Å². The molecule has 0 aromatic rings. The molecular weight excluding hydrogens is 435 g/mol. The van der Waals surface area contributed by atoms with Gasteiger partial charge in [0.2, 0.25) is 0 Å². The third-order valence-corrected chi connectivity index (χ3v) is 9.58. The van der Waals surface area contributed by atoms with Gasteiger partial charge in [-0.15, -0.1) is 0 Å². The van der Waals surface area contributed by atoms with Gasteiger partial charge in [-0.25, -0.2) is 0 Å². The van der Waals surface area contributed by atoms with Crippen LogP contribution in [0, 0.1) is 3.91 Å². The molecule has 0 saturated carbocycles. The fourth-order valence-corrected chi connectivity index (χ4v) is 7.95. The smallest absolute Gasteiger partial charge is 0.260 e. The molecule has 0 aromatic carbocycles. The molecule has 0 radical (unpaired) electrons. The van der Waals surface area contributed by atoms with Gasteiger partial charge in [-0.05, 0) is 0 Å². The third-order valence-electron chi connectivity index (χ3n) is 1.74. The Kier molecular flexibility index (Phi) is 5.98. The van der Waals surface area contributed by atoms with Crippen LogP contribution in [0.15, 0.2) is 0 Å². The first-order valence-electron chi connectivity index (χ1n) is 4.80. The van der Waals surface area contributed by atoms with Crippen molar-refractivity contribution in [1.82, 2.24) is 0 Å². The van der Waals surface area contributed by atoms with Crippen molar-refractivity contribution in [2.45, 2.75) is 17.9 Å². The highest BCUT2D eigenvalue weighted by molar-refractivity contribution is 8.29. The molecule has 0 bridgehead atoms. The van der Waals surface area contributed by atoms with E-state index >= 15 is 0 Å². The van der Waals surface area contributed by atoms with E-state index in [9.17, 15) is 64.8 Å². The lowest BCUT2D eigenvalue weighted by Crippen LogP contribution is -2.43. The van der Waals surface area contributed by atoms with E-state index in [4.69, 9.17) is 0 Å². The summed E-state index contributed by atoms with van der Waals surface area (Å²) in [6.45, 7) is 0. The van der Waals surface area contributed by atoms with Crippen LogP contribution in [-0.4, -0.2) is 54.6 Å². The predicted octanol–water partition coefficient (Wildman–Crippen LogP) is 1.32. The Bertz CT molecular complexity index is 721. The number of hydrogen-bond donors (Lipinski definition) is 0. The van der Waals surface area contributed by atoms with Crippen LogP contribution in [0.4, 0.5) is 39.5 Å². The molecule has 0 aliphatic heterocycles. The van der Waals surface area contributed by atoms with Gasteiger partial charge in [-0.1, -0.05) is 0 Å². The van der Waals surface area contributed by atoms with Crippen LogP contribution in [0.5, 0.6) is 0 Å². The van der Waals surface area contributed by atoms with Gasteiger partial charge < -0.3 is 0 Å². The molecule has 0 fully saturated rings. The van der Waals surface area contributed by atoms with Crippen LogP contribution in [0.3, 0.4) is 0 Å². The second-order valence-corrected chi connectivity index (χ2v) is 10.5. The molecule has 0 rings (SSSR count). The summed E-state index contributed by atoms with van der Waals surface area (Å²) >= 11 is 0. The van der Waals surface area contributed by atoms with Crippen molar-refractivity contribution >= 4 is 29.5 Å². The summed E-state index contributed by atoms with van der Waals surface area (Å²) in [5.74, 6) is -6.86. The summed E-state index contributed by atoms with van der Waals surface area (Å²) in [5.41, 5.74) is -6.78. The average Bonchev–Trinajstić information content (AvgIpc) is 2.02. The molecule has 0 atom stereocenters. The number of rotatable bonds is 5. The fourth-order valence-electron chi connectivity index (χ4n) is 1.17. The van der Waals surface area contributed by atoms with E-state index in [1.165, 1.54) is 0 Å². The van der Waals surface area contributed by atoms with E-state index < -0.39 is 62.8 Å². The maximum absolute atomic E-state index is 12.3. The lowest BCUT2D eigenvalue weighted by molar-refractivity contribution is -0.107. The van der Waals surface area contributed by atoms with Gasteiger partial charge in [-0.2, -0.15) is 39.5 Å². The van der Waals surface area contributed by atoms with Crippen LogP contribution >= 0.6 is 0 Å². The molecule has 0 unspecified atom stereocenters. The molecule has 24 heavy (non-hydrogen) atoms. The Morgan fingerprint density at radius 2 is 0.833 bits per heavy atom. The molecular formula is C6H4F9O6S3-. The zero-order valence-corrected chi connectivity index (χ0v) is 12.9. The molecule has 146 valence electrons. The fraction of sp³-hybridized carbons (Fsp3) is 0.833. The zero-order valence-electron chi connectivity index (χ0n) is 10.5. The number of hydrogen-bond acceptors (Lipinski definition) is 6. The largest absolute Gasteiger partial charge is 0.470 e. The third kappa shape index (κ3) is 5.94. The van der Waals surface area contributed by atoms with E-state index in [0.717, 1.165) is 0 Å². The lowest BCUT2D eigenvalue weighted by Gasteiger charge is -2.31. The maximum Gasteiger partial charge on any atom is 0.470 e. The Balaban J connectivity index is 6.60. The van der Waals surface area contributed by atoms with Crippen molar-refractivity contribution in [3.05, 3.63) is 3.91 Å². The molecule has 0 aliphatic rings. The molecule has 6 nitrogen and oxygen atoms in total. The van der Waals surface area contributed by atoms with Crippen LogP contribution in [-0.2, 0) is 29.5 Å². The second kappa shape index (κ2) is 6.19. The minimum absolute atomic E-state index is 3.43. The summed E-state index contributed by atoms with van der Waals surface area (Å²) in [7, 11) is -21.3. The van der Waals surface area contributed by atoms with Crippen molar-refractivity contribution in [2.24, 2.45) is 0 Å². The monoisotopic (exact) mass is 439 g/mol. The summed E-state index contributed by atoms with van der Waals surface area (Å²) in [5, 5.41) is 0. The van der Waals surface area contributed by atoms with E-state index in [1.807, 2.05) is 0 Å². The number of halogens is 9. The minimum Gasteiger partial charge on any atom is -0.260 e. The maximum atomic E-state index is 12.3. The first-order valence-corrected chi connectivity index (χ1v) is 9.59. The standard InChI is InChI=1S/C6H4F9O6S3/c7-4(8,9)1-22(16,17)3(24(20,21)6(13,14)15)23(18,19)2-5(10,11)12/h1-2H2/q-1. The highest BCUT2D eigenvalue weighted by Gasteiger charge is 2.54. The summed E-state index contributed by atoms with van der Waals surface area (Å²) in [4.78, 5) is 0. The van der Waals surface area contributed by atoms with Crippen molar-refractivity contribution in [3.8, 4) is 0 Å². The van der Waals surface area contributed by atoms with E-state index in [1.54, 1.807) is 0 Å². The Morgan fingerprint density at radius 3 is 1.00 bits per heavy atom. The van der Waals surface area contributed by atoms with Gasteiger partial charge in [0.15, 0.2) is 9.84 Å². The number of sulfone groups is 3. The lowest BCUT2D eigenvalue weighted by atomic mass is 10.8. The average molecular weight is 439 g/mol. The first-order chi connectivity index (χ1) is 10.0. The van der Waals surface area contributed by atoms with Crippen molar-refractivity contribution < 1.29 is 64.8 Å². The molecule has 0 spiro atoms. The van der Waals surface area contributed by atoms with Crippen LogP contribution in [0.25, 0.3) is 0 Å². The Labute approximate surface area is 128 Å². The number of alkyl halides is 9. The normalized spacial score (nSPS) is 15.8. The van der Waals surface area contributed by atoms with Crippen molar-refractivity contribution in [1.29, 1.82) is 0 Å². The topological polar surface area (TPSA) is 102 Å². The highest BCUT2D eigenvalue weighted by atomic mass is 32.3. The SMILES string of the molecule is O=S(=O)(CC(F)(F)F)[C-](S(=O)(=O)CC(F)(F)F)S(=O)(=O)C(F)(F)F. The Hall–Kier alpha value is -0.780. The van der Waals surface area contributed by atoms with Gasteiger partial charge in [0.05, 0.1) is 23.6 Å². The quantitative estimate of drug-likeness (QED) is 0.473. The van der Waals surface area contributed by atoms with Crippen LogP contribution < -0.4 is 0 Å². The summed E-state index contributed by atoms with van der Waals surface area (Å²) in [6, 6.07) is 0. The van der Waals surface area contributed by atoms with Crippen LogP contribution in [0.1, 0.15) is 0 Å². The highest BCUT2D eigenvalue weighted by Crippen LogP contribution is 2.41. The molecule has 0 amide bonds. The van der Waals surface area contributed by atoms with Gasteiger partial charge in [-0.3, -0.25) is 25.3 Å². The van der Waals surface area contributed by atoms with Gasteiger partial charge in [0, 0.05) is 0 Å². The van der Waals surface area contributed by atoms with Gasteiger partial charge >= 0.3 is 17.9 Å². The minimum atomic E-state index is -7.56. The predicted molar refractivity (Wildman–Crippen MR) is 57.9 cm³/mol. The molecule has 0 heterocycles. The Morgan fingerprint density at radius 1 is 0.583 bits per heavy atom. The summed E-state index contributed by atoms with van der Waals surface area (Å²) in [6.07, 6.45) is -11.9. The van der Waals surface area contributed by atoms with E-state index in [2.05, 4.69) is 0 Å². The first kappa shape index (κ1) is 23.2. The second-order valence-electron chi connectivity index (χ2n) is 3.95. The van der Waals surface area contributed by atoms with Crippen LogP contribution in [0.2, 0.25) is 0 Å². The molecule has 0 N–H and O–H groups in total. The van der Waals surface area contributed by atoms with E-state index in [-0.39, 0.29) is 0 Å². The summed E-state index contributed by atoms with van der Waals surface area (Å²) < 4.78 is 172. The molecule has 0 aliphatic carbocycles.